The zero-order chi connectivity index (χ0) is 32.6. The Kier molecular flexibility index (Phi) is 7.37. The van der Waals surface area contributed by atoms with E-state index in [1.807, 2.05) is 0 Å². The Morgan fingerprint density at radius 3 is 2.13 bits per heavy atom. The van der Waals surface area contributed by atoms with Crippen molar-refractivity contribution in [2.75, 3.05) is 15.9 Å². The summed E-state index contributed by atoms with van der Waals surface area (Å²) in [6, 6.07) is 13.5. The smallest absolute Gasteiger partial charge is 0.380 e. The van der Waals surface area contributed by atoms with Crippen molar-refractivity contribution in [1.82, 2.24) is 0 Å². The summed E-state index contributed by atoms with van der Waals surface area (Å²) < 4.78 is 109. The number of nitrogens with one attached hydrogen (secondary N) is 1. The average Bonchev–Trinajstić information content (AvgIpc) is 3.77. The summed E-state index contributed by atoms with van der Waals surface area (Å²) in [5.74, 6) is -1.45. The van der Waals surface area contributed by atoms with Crippen LogP contribution in [0.2, 0.25) is 0 Å². The lowest BCUT2D eigenvalue weighted by Gasteiger charge is -2.47. The number of amides is 1. The van der Waals surface area contributed by atoms with Crippen LogP contribution in [0.1, 0.15) is 54.4 Å². The molecule has 2 N–H and O–H groups in total. The molecule has 240 valence electrons. The maximum absolute atomic E-state index is 14.2. The minimum Gasteiger partial charge on any atom is -0.380 e. The predicted octanol–water partition coefficient (Wildman–Crippen LogP) is 5.57. The quantitative estimate of drug-likeness (QED) is 0.332. The summed E-state index contributed by atoms with van der Waals surface area (Å²) in [7, 11) is -7.89. The number of hydrogen-bond donors (Lipinski definition) is 2. The van der Waals surface area contributed by atoms with E-state index < -0.39 is 67.7 Å². The number of rotatable bonds is 6. The minimum absolute atomic E-state index is 0.0125. The van der Waals surface area contributed by atoms with Crippen LogP contribution in [0.3, 0.4) is 0 Å². The van der Waals surface area contributed by atoms with E-state index >= 15 is 0 Å². The van der Waals surface area contributed by atoms with E-state index in [2.05, 4.69) is 5.32 Å². The maximum Gasteiger partial charge on any atom is 0.417 e. The highest BCUT2D eigenvalue weighted by molar-refractivity contribution is 7.93. The van der Waals surface area contributed by atoms with E-state index in [0.717, 1.165) is 30.5 Å². The van der Waals surface area contributed by atoms with Crippen molar-refractivity contribution in [2.24, 2.45) is 5.92 Å². The molecule has 2 aliphatic carbocycles. The molecule has 3 aliphatic rings. The number of hydrogen-bond acceptors (Lipinski definition) is 6. The van der Waals surface area contributed by atoms with Crippen LogP contribution in [0.4, 0.5) is 28.9 Å². The van der Waals surface area contributed by atoms with Gasteiger partial charge >= 0.3 is 6.18 Å². The second-order valence-corrected chi connectivity index (χ2v) is 16.0. The maximum atomic E-state index is 14.2. The number of alkyl halides is 3. The molecule has 0 radical (unpaired) electrons. The molecule has 0 bridgehead atoms. The van der Waals surface area contributed by atoms with Gasteiger partial charge in [0.1, 0.15) is 5.82 Å². The summed E-state index contributed by atoms with van der Waals surface area (Å²) >= 11 is 0. The van der Waals surface area contributed by atoms with Gasteiger partial charge in [-0.1, -0.05) is 6.07 Å². The van der Waals surface area contributed by atoms with Crippen molar-refractivity contribution < 1.29 is 44.3 Å². The molecule has 6 rings (SSSR count). The van der Waals surface area contributed by atoms with Crippen molar-refractivity contribution >= 4 is 37.1 Å². The Labute approximate surface area is 258 Å². The van der Waals surface area contributed by atoms with E-state index in [0.29, 0.717) is 18.4 Å². The van der Waals surface area contributed by atoms with Crippen molar-refractivity contribution in [2.45, 2.75) is 71.6 Å². The number of benzene rings is 3. The van der Waals surface area contributed by atoms with Crippen LogP contribution in [0.15, 0.2) is 76.5 Å². The summed E-state index contributed by atoms with van der Waals surface area (Å²) in [6.07, 6.45) is -4.25. The second-order valence-electron chi connectivity index (χ2n) is 12.2. The predicted molar refractivity (Wildman–Crippen MR) is 158 cm³/mol. The lowest BCUT2D eigenvalue weighted by atomic mass is 9.61. The molecule has 1 unspecified atom stereocenters. The third kappa shape index (κ3) is 5.40. The summed E-state index contributed by atoms with van der Waals surface area (Å²) in [5.41, 5.74) is -3.20. The standard InChI is InChI=1S/C31H30F4N2O6S2/c1-44(40,41)24-4-2-3-22(18-24)36-28(38)20-7-12-26-25(17-20)29(13-15-30(39,16-14-29)31(33,34)35)27(19-5-6-19)37(26)45(42,43)23-10-8-21(32)9-11-23/h2-4,7-12,17-19,27,39H,5-6,13-16H2,1H3,(H,36,38). The van der Waals surface area contributed by atoms with E-state index in [1.165, 1.54) is 46.8 Å². The summed E-state index contributed by atoms with van der Waals surface area (Å²) in [5, 5.41) is 13.2. The first-order chi connectivity index (χ1) is 21.0. The number of carbonyl (C=O) groups excluding carboxylic acids is 1. The molecule has 2 fully saturated rings. The Morgan fingerprint density at radius 1 is 0.911 bits per heavy atom. The average molecular weight is 667 g/mol. The van der Waals surface area contributed by atoms with Crippen LogP contribution in [0.25, 0.3) is 0 Å². The molecule has 14 heteroatoms. The Bertz CT molecular complexity index is 1880. The van der Waals surface area contributed by atoms with Gasteiger partial charge in [-0.25, -0.2) is 21.2 Å². The van der Waals surface area contributed by atoms with Crippen LogP contribution >= 0.6 is 0 Å². The Morgan fingerprint density at radius 2 is 1.56 bits per heavy atom. The lowest BCUT2D eigenvalue weighted by Crippen LogP contribution is -2.56. The molecular weight excluding hydrogens is 636 g/mol. The van der Waals surface area contributed by atoms with Gasteiger partial charge < -0.3 is 10.4 Å². The fraction of sp³-hybridized carbons (Fsp3) is 0.387. The molecule has 3 aromatic rings. The molecule has 1 spiro atoms. The molecule has 2 saturated carbocycles. The molecule has 1 heterocycles. The topological polar surface area (TPSA) is 121 Å². The summed E-state index contributed by atoms with van der Waals surface area (Å²) in [6.45, 7) is 0. The molecule has 8 nitrogen and oxygen atoms in total. The van der Waals surface area contributed by atoms with Crippen molar-refractivity contribution in [3.8, 4) is 0 Å². The van der Waals surface area contributed by atoms with E-state index in [9.17, 15) is 44.3 Å². The number of anilines is 2. The first-order valence-corrected chi connectivity index (χ1v) is 17.6. The van der Waals surface area contributed by atoms with Crippen molar-refractivity contribution in [1.29, 1.82) is 0 Å². The van der Waals surface area contributed by atoms with Crippen LogP contribution in [-0.2, 0) is 25.3 Å². The van der Waals surface area contributed by atoms with Gasteiger partial charge in [0.05, 0.1) is 21.5 Å². The molecule has 1 atom stereocenters. The summed E-state index contributed by atoms with van der Waals surface area (Å²) in [4.78, 5) is 13.2. The van der Waals surface area contributed by atoms with Gasteiger partial charge in [0.2, 0.25) is 0 Å². The number of sulfone groups is 1. The molecule has 1 amide bonds. The van der Waals surface area contributed by atoms with Gasteiger partial charge in [0, 0.05) is 22.9 Å². The molecule has 0 aromatic heterocycles. The zero-order valence-electron chi connectivity index (χ0n) is 24.0. The highest BCUT2D eigenvalue weighted by atomic mass is 32.2. The first kappa shape index (κ1) is 31.5. The normalized spacial score (nSPS) is 25.3. The highest BCUT2D eigenvalue weighted by Gasteiger charge is 2.65. The number of carbonyl (C=O) groups is 1. The number of aliphatic hydroxyl groups is 1. The number of sulfonamides is 1. The monoisotopic (exact) mass is 666 g/mol. The fourth-order valence-electron chi connectivity index (χ4n) is 6.82. The van der Waals surface area contributed by atoms with Crippen LogP contribution in [-0.4, -0.2) is 51.9 Å². The molecule has 0 saturated heterocycles. The third-order valence-electron chi connectivity index (χ3n) is 9.31. The number of nitrogens with zero attached hydrogens (tertiary/aromatic N) is 1. The molecule has 45 heavy (non-hydrogen) atoms. The number of fused-ring (bicyclic) bond motifs is 2. The van der Waals surface area contributed by atoms with Crippen molar-refractivity contribution in [3.63, 3.8) is 0 Å². The SMILES string of the molecule is CS(=O)(=O)c1cccc(NC(=O)c2ccc3c(c2)C2(CCC(O)(C(F)(F)F)CC2)C(C2CC2)N3S(=O)(=O)c2ccc(F)cc2)c1. The largest absolute Gasteiger partial charge is 0.417 e. The van der Waals surface area contributed by atoms with Gasteiger partial charge in [-0.15, -0.1) is 0 Å². The first-order valence-electron chi connectivity index (χ1n) is 14.3. The van der Waals surface area contributed by atoms with E-state index in [4.69, 9.17) is 0 Å². The third-order valence-corrected chi connectivity index (χ3v) is 12.2. The fourth-order valence-corrected chi connectivity index (χ4v) is 9.29. The Balaban J connectivity index is 1.45. The second kappa shape index (κ2) is 10.5. The molecular formula is C31H30F4N2O6S2. The van der Waals surface area contributed by atoms with E-state index in [1.54, 1.807) is 0 Å². The molecule has 1 aliphatic heterocycles. The van der Waals surface area contributed by atoms with Gasteiger partial charge in [-0.3, -0.25) is 9.10 Å². The van der Waals surface area contributed by atoms with Gasteiger partial charge in [-0.2, -0.15) is 13.2 Å². The van der Waals surface area contributed by atoms with Crippen LogP contribution in [0.5, 0.6) is 0 Å². The van der Waals surface area contributed by atoms with E-state index in [-0.39, 0.29) is 45.5 Å². The van der Waals surface area contributed by atoms with Crippen LogP contribution in [0, 0.1) is 11.7 Å². The van der Waals surface area contributed by atoms with Crippen LogP contribution < -0.4 is 9.62 Å². The van der Waals surface area contributed by atoms with Gasteiger partial charge in [-0.05, 0) is 111 Å². The Hall–Kier alpha value is -3.49. The zero-order valence-corrected chi connectivity index (χ0v) is 25.6. The molecule has 3 aromatic carbocycles. The number of halogens is 4. The van der Waals surface area contributed by atoms with Gasteiger partial charge in [0.25, 0.3) is 15.9 Å². The lowest BCUT2D eigenvalue weighted by molar-refractivity contribution is -0.273. The minimum atomic E-state index is -4.88. The highest BCUT2D eigenvalue weighted by Crippen LogP contribution is 2.62. The van der Waals surface area contributed by atoms with Crippen molar-refractivity contribution in [3.05, 3.63) is 83.7 Å². The van der Waals surface area contributed by atoms with Gasteiger partial charge in [0.15, 0.2) is 15.4 Å².